The molecule has 1 N–H and O–H groups in total. The van der Waals surface area contributed by atoms with Gasteiger partial charge >= 0.3 is 0 Å². The summed E-state index contributed by atoms with van der Waals surface area (Å²) in [7, 11) is 0. The Labute approximate surface area is 168 Å². The van der Waals surface area contributed by atoms with Gasteiger partial charge in [0.25, 0.3) is 0 Å². The van der Waals surface area contributed by atoms with Crippen molar-refractivity contribution >= 4 is 17.4 Å². The van der Waals surface area contributed by atoms with Crippen LogP contribution in [-0.4, -0.2) is 24.8 Å². The second-order valence-corrected chi connectivity index (χ2v) is 8.32. The van der Waals surface area contributed by atoms with Crippen molar-refractivity contribution in [3.63, 3.8) is 0 Å². The molecule has 2 atom stereocenters. The summed E-state index contributed by atoms with van der Waals surface area (Å²) in [5.74, 6) is -0.797. The van der Waals surface area contributed by atoms with E-state index in [9.17, 15) is 9.59 Å². The lowest BCUT2D eigenvalue weighted by Gasteiger charge is -2.41. The van der Waals surface area contributed by atoms with E-state index in [1.54, 1.807) is 6.92 Å². The number of carbonyl (C=O) groups is 2. The molecule has 2 aliphatic heterocycles. The fraction of sp³-hybridized carbons (Fsp3) is 0.500. The van der Waals surface area contributed by atoms with Crippen LogP contribution in [0.1, 0.15) is 58.9 Å². The van der Waals surface area contributed by atoms with Gasteiger partial charge in [-0.05, 0) is 70.2 Å². The number of benzene rings is 1. The molecule has 0 radical (unpaired) electrons. The molecule has 0 aromatic heterocycles. The van der Waals surface area contributed by atoms with Gasteiger partial charge in [0.1, 0.15) is 5.78 Å². The number of nitrogens with zero attached hydrogens (tertiary/aromatic N) is 1. The van der Waals surface area contributed by atoms with Crippen LogP contribution >= 0.6 is 0 Å². The Morgan fingerprint density at radius 2 is 1.75 bits per heavy atom. The van der Waals surface area contributed by atoms with E-state index in [2.05, 4.69) is 40.6 Å². The van der Waals surface area contributed by atoms with Gasteiger partial charge in [0.15, 0.2) is 0 Å². The van der Waals surface area contributed by atoms with E-state index in [0.29, 0.717) is 0 Å². The van der Waals surface area contributed by atoms with Crippen LogP contribution in [0.3, 0.4) is 0 Å². The van der Waals surface area contributed by atoms with Crippen molar-refractivity contribution in [2.45, 2.75) is 58.9 Å². The van der Waals surface area contributed by atoms with Crippen LogP contribution in [0.4, 0.5) is 5.69 Å². The lowest BCUT2D eigenvalue weighted by Crippen LogP contribution is -2.56. The zero-order valence-electron chi connectivity index (χ0n) is 17.5. The van der Waals surface area contributed by atoms with E-state index < -0.39 is 11.5 Å². The Kier molecular flexibility index (Phi) is 6.07. The molecular weight excluding hydrogens is 348 g/mol. The Hall–Kier alpha value is -2.36. The maximum Gasteiger partial charge on any atom is 0.231 e. The number of carbonyl (C=O) groups excluding carboxylic acids is 2. The van der Waals surface area contributed by atoms with Gasteiger partial charge in [-0.15, -0.1) is 0 Å². The zero-order valence-corrected chi connectivity index (χ0v) is 17.5. The number of amides is 1. The highest BCUT2D eigenvalue weighted by Crippen LogP contribution is 2.39. The summed E-state index contributed by atoms with van der Waals surface area (Å²) in [6.07, 6.45) is 8.13. The molecule has 1 aromatic rings. The third-order valence-corrected chi connectivity index (χ3v) is 5.98. The highest BCUT2D eigenvalue weighted by molar-refractivity contribution is 6.05. The predicted molar refractivity (Wildman–Crippen MR) is 114 cm³/mol. The van der Waals surface area contributed by atoms with Crippen molar-refractivity contribution in [2.75, 3.05) is 18.0 Å². The molecule has 2 aliphatic rings. The van der Waals surface area contributed by atoms with Gasteiger partial charge in [-0.25, -0.2) is 0 Å². The van der Waals surface area contributed by atoms with E-state index in [4.69, 9.17) is 0 Å². The number of anilines is 1. The number of ketones is 1. The van der Waals surface area contributed by atoms with Crippen molar-refractivity contribution in [3.8, 4) is 0 Å². The fourth-order valence-electron chi connectivity index (χ4n) is 4.31. The van der Waals surface area contributed by atoms with E-state index in [1.807, 2.05) is 26.8 Å². The normalized spacial score (nSPS) is 26.1. The number of rotatable bonds is 4. The smallest absolute Gasteiger partial charge is 0.231 e. The van der Waals surface area contributed by atoms with Crippen molar-refractivity contribution in [1.29, 1.82) is 0 Å². The first-order chi connectivity index (χ1) is 13.4. The third-order valence-electron chi connectivity index (χ3n) is 5.98. The quantitative estimate of drug-likeness (QED) is 0.618. The van der Waals surface area contributed by atoms with Crippen LogP contribution in [0.15, 0.2) is 47.6 Å². The molecule has 0 spiro atoms. The van der Waals surface area contributed by atoms with Gasteiger partial charge < -0.3 is 10.2 Å². The molecule has 0 aliphatic carbocycles. The Morgan fingerprint density at radius 3 is 2.29 bits per heavy atom. The van der Waals surface area contributed by atoms with Crippen molar-refractivity contribution in [1.82, 2.24) is 5.32 Å². The van der Waals surface area contributed by atoms with Crippen LogP contribution in [0, 0.1) is 5.92 Å². The van der Waals surface area contributed by atoms with Gasteiger partial charge in [-0.3, -0.25) is 9.59 Å². The molecule has 4 nitrogen and oxygen atoms in total. The third kappa shape index (κ3) is 3.91. The van der Waals surface area contributed by atoms with Gasteiger partial charge in [-0.2, -0.15) is 0 Å². The monoisotopic (exact) mass is 380 g/mol. The summed E-state index contributed by atoms with van der Waals surface area (Å²) >= 11 is 0. The summed E-state index contributed by atoms with van der Waals surface area (Å²) in [6, 6.07) is 8.42. The van der Waals surface area contributed by atoms with Crippen molar-refractivity contribution in [2.24, 2.45) is 5.92 Å². The van der Waals surface area contributed by atoms with E-state index in [1.165, 1.54) is 24.9 Å². The minimum atomic E-state index is -0.798. The Balaban J connectivity index is 2.03. The first-order valence-electron chi connectivity index (χ1n) is 10.4. The lowest BCUT2D eigenvalue weighted by atomic mass is 9.73. The number of allylic oxidation sites excluding steroid dienone is 2. The SMILES string of the molecule is C/C=C(\C=C(C)C)C1(c2ccc(N3CCCCC3)cc2)CC(=O)C(C)C(=O)N1. The molecular formula is C24H32N2O2. The molecule has 2 saturated heterocycles. The first kappa shape index (κ1) is 20.4. The van der Waals surface area contributed by atoms with Crippen molar-refractivity contribution < 1.29 is 9.59 Å². The maximum atomic E-state index is 12.7. The Bertz CT molecular complexity index is 776. The molecule has 1 amide bonds. The maximum absolute atomic E-state index is 12.7. The highest BCUT2D eigenvalue weighted by atomic mass is 16.2. The molecule has 150 valence electrons. The summed E-state index contributed by atoms with van der Waals surface area (Å²) in [6.45, 7) is 9.91. The molecule has 4 heteroatoms. The van der Waals surface area contributed by atoms with Crippen LogP contribution in [0.2, 0.25) is 0 Å². The first-order valence-corrected chi connectivity index (χ1v) is 10.4. The van der Waals surface area contributed by atoms with Gasteiger partial charge in [0.05, 0.1) is 11.5 Å². The number of hydrogen-bond acceptors (Lipinski definition) is 3. The summed E-state index contributed by atoms with van der Waals surface area (Å²) in [4.78, 5) is 27.7. The highest BCUT2D eigenvalue weighted by Gasteiger charge is 2.45. The van der Waals surface area contributed by atoms with Crippen LogP contribution in [0.5, 0.6) is 0 Å². The van der Waals surface area contributed by atoms with Gasteiger partial charge in [-0.1, -0.05) is 29.9 Å². The number of nitrogens with one attached hydrogen (secondary N) is 1. The average Bonchev–Trinajstić information content (AvgIpc) is 2.70. The fourth-order valence-corrected chi connectivity index (χ4v) is 4.31. The summed E-state index contributed by atoms with van der Waals surface area (Å²) < 4.78 is 0. The van der Waals surface area contributed by atoms with Crippen LogP contribution in [-0.2, 0) is 15.1 Å². The molecule has 0 saturated carbocycles. The molecule has 2 unspecified atom stereocenters. The summed E-state index contributed by atoms with van der Waals surface area (Å²) in [5, 5.41) is 3.20. The molecule has 28 heavy (non-hydrogen) atoms. The minimum absolute atomic E-state index is 0.00892. The second kappa shape index (κ2) is 8.34. The molecule has 1 aromatic carbocycles. The van der Waals surface area contributed by atoms with Crippen LogP contribution < -0.4 is 10.2 Å². The van der Waals surface area contributed by atoms with E-state index in [0.717, 1.165) is 29.8 Å². The average molecular weight is 381 g/mol. The standard InChI is InChI=1S/C24H32N2O2/c1-5-19(15-17(2)3)24(16-22(27)18(4)23(28)25-24)20-9-11-21(12-10-20)26-13-7-6-8-14-26/h5,9-12,15,18H,6-8,13-14,16H2,1-4H3,(H,25,28)/b19-5+. The Morgan fingerprint density at radius 1 is 1.11 bits per heavy atom. The van der Waals surface area contributed by atoms with E-state index >= 15 is 0 Å². The van der Waals surface area contributed by atoms with Crippen molar-refractivity contribution in [3.05, 3.63) is 53.1 Å². The predicted octanol–water partition coefficient (Wildman–Crippen LogP) is 4.51. The second-order valence-electron chi connectivity index (χ2n) is 8.32. The topological polar surface area (TPSA) is 49.4 Å². The summed E-state index contributed by atoms with van der Waals surface area (Å²) in [5.41, 5.74) is 3.48. The largest absolute Gasteiger partial charge is 0.372 e. The number of hydrogen-bond donors (Lipinski definition) is 1. The zero-order chi connectivity index (χ0) is 20.3. The molecule has 3 rings (SSSR count). The number of piperidine rings is 2. The molecule has 2 fully saturated rings. The molecule has 0 bridgehead atoms. The molecule has 2 heterocycles. The van der Waals surface area contributed by atoms with Gasteiger partial charge in [0.2, 0.25) is 5.91 Å². The number of Topliss-reactive ketones (excluding diaryl/α,β-unsaturated/α-hetero) is 1. The van der Waals surface area contributed by atoms with Crippen LogP contribution in [0.25, 0.3) is 0 Å². The van der Waals surface area contributed by atoms with E-state index in [-0.39, 0.29) is 18.1 Å². The van der Waals surface area contributed by atoms with Gasteiger partial charge in [0, 0.05) is 25.2 Å². The lowest BCUT2D eigenvalue weighted by molar-refractivity contribution is -0.139. The minimum Gasteiger partial charge on any atom is -0.372 e.